The van der Waals surface area contributed by atoms with Gasteiger partial charge in [-0.1, -0.05) is 0 Å². The van der Waals surface area contributed by atoms with Crippen LogP contribution < -0.4 is 5.32 Å². The first kappa shape index (κ1) is 10.5. The van der Waals surface area contributed by atoms with Crippen LogP contribution in [0, 0.1) is 0 Å². The van der Waals surface area contributed by atoms with Gasteiger partial charge in [0, 0.05) is 26.7 Å². The van der Waals surface area contributed by atoms with Crippen LogP contribution in [0.4, 0.5) is 0 Å². The quantitative estimate of drug-likeness (QED) is 0.622. The molecule has 4 nitrogen and oxygen atoms in total. The first-order valence-corrected chi connectivity index (χ1v) is 4.76. The highest BCUT2D eigenvalue weighted by molar-refractivity contribution is 5.82. The van der Waals surface area contributed by atoms with Crippen LogP contribution in [0.25, 0.3) is 0 Å². The molecular weight excluding hydrogens is 166 g/mol. The van der Waals surface area contributed by atoms with E-state index < -0.39 is 0 Å². The molecule has 1 N–H and O–H groups in total. The van der Waals surface area contributed by atoms with Crippen LogP contribution >= 0.6 is 0 Å². The average Bonchev–Trinajstić information content (AvgIpc) is 2.21. The third kappa shape index (κ3) is 2.42. The molecular formula is C9H19N3O. The Hall–Kier alpha value is -0.610. The van der Waals surface area contributed by atoms with Gasteiger partial charge in [0.05, 0.1) is 0 Å². The molecule has 1 fully saturated rings. The highest BCUT2D eigenvalue weighted by Crippen LogP contribution is 2.07. The number of hydrogen-bond acceptors (Lipinski definition) is 3. The van der Waals surface area contributed by atoms with E-state index in [-0.39, 0.29) is 11.9 Å². The van der Waals surface area contributed by atoms with Gasteiger partial charge >= 0.3 is 0 Å². The fraction of sp³-hybridized carbons (Fsp3) is 0.889. The Bertz CT molecular complexity index is 184. The smallest absolute Gasteiger partial charge is 0.240 e. The molecule has 0 saturated carbocycles. The van der Waals surface area contributed by atoms with Crippen molar-refractivity contribution in [1.29, 1.82) is 0 Å². The molecule has 4 heteroatoms. The summed E-state index contributed by atoms with van der Waals surface area (Å²) in [5, 5.41) is 3.06. The molecule has 76 valence electrons. The summed E-state index contributed by atoms with van der Waals surface area (Å²) in [5.41, 5.74) is 0. The van der Waals surface area contributed by atoms with Gasteiger partial charge in [-0.15, -0.1) is 0 Å². The van der Waals surface area contributed by atoms with Crippen LogP contribution in [-0.2, 0) is 4.79 Å². The number of carbonyl (C=O) groups is 1. The predicted molar refractivity (Wildman–Crippen MR) is 52.6 cm³/mol. The van der Waals surface area contributed by atoms with E-state index in [1.807, 2.05) is 26.0 Å². The highest BCUT2D eigenvalue weighted by Gasteiger charge is 2.27. The number of hydrogen-bond donors (Lipinski definition) is 1. The van der Waals surface area contributed by atoms with Gasteiger partial charge in [-0.05, 0) is 20.5 Å². The summed E-state index contributed by atoms with van der Waals surface area (Å²) in [4.78, 5) is 15.7. The van der Waals surface area contributed by atoms with Gasteiger partial charge in [0.2, 0.25) is 5.91 Å². The van der Waals surface area contributed by atoms with Crippen LogP contribution in [0.5, 0.6) is 0 Å². The van der Waals surface area contributed by atoms with Gasteiger partial charge in [-0.3, -0.25) is 9.69 Å². The minimum Gasteiger partial charge on any atom is -0.344 e. The molecule has 1 unspecified atom stereocenters. The second-order valence-corrected chi connectivity index (χ2v) is 3.67. The van der Waals surface area contributed by atoms with Crippen LogP contribution in [0.3, 0.4) is 0 Å². The summed E-state index contributed by atoms with van der Waals surface area (Å²) < 4.78 is 0. The lowest BCUT2D eigenvalue weighted by molar-refractivity contribution is -0.133. The highest BCUT2D eigenvalue weighted by atomic mass is 16.2. The van der Waals surface area contributed by atoms with Crippen molar-refractivity contribution in [2.45, 2.75) is 12.5 Å². The maximum atomic E-state index is 11.8. The number of likely N-dealkylation sites (N-methyl/N-ethyl adjacent to an activating group) is 3. The van der Waals surface area contributed by atoms with E-state index in [9.17, 15) is 4.79 Å². The van der Waals surface area contributed by atoms with E-state index in [1.165, 1.54) is 0 Å². The molecule has 0 spiro atoms. The van der Waals surface area contributed by atoms with Crippen molar-refractivity contribution in [3.63, 3.8) is 0 Å². The summed E-state index contributed by atoms with van der Waals surface area (Å²) in [6.45, 7) is 2.62. The monoisotopic (exact) mass is 185 g/mol. The third-order valence-corrected chi connectivity index (χ3v) is 2.60. The molecule has 0 aromatic rings. The van der Waals surface area contributed by atoms with E-state index in [1.54, 1.807) is 0 Å². The standard InChI is InChI=1S/C9H19N3O/c1-10-7-8-9(13)12(3)6-4-5-11(8)2/h8,10H,4-7H2,1-3H3. The molecule has 0 bridgehead atoms. The Morgan fingerprint density at radius 3 is 2.77 bits per heavy atom. The second kappa shape index (κ2) is 4.58. The van der Waals surface area contributed by atoms with E-state index in [0.717, 1.165) is 26.1 Å². The molecule has 0 aromatic carbocycles. The molecule has 0 aromatic heterocycles. The molecule has 1 heterocycles. The molecule has 13 heavy (non-hydrogen) atoms. The van der Waals surface area contributed by atoms with Crippen LogP contribution in [0.1, 0.15) is 6.42 Å². The minimum atomic E-state index is 0.0116. The second-order valence-electron chi connectivity index (χ2n) is 3.67. The number of amides is 1. The Morgan fingerprint density at radius 2 is 2.15 bits per heavy atom. The van der Waals surface area contributed by atoms with Crippen molar-refractivity contribution in [2.24, 2.45) is 0 Å². The number of nitrogens with zero attached hydrogens (tertiary/aromatic N) is 2. The van der Waals surface area contributed by atoms with Gasteiger partial charge in [0.25, 0.3) is 0 Å². The third-order valence-electron chi connectivity index (χ3n) is 2.60. The van der Waals surface area contributed by atoms with E-state index in [2.05, 4.69) is 10.2 Å². The van der Waals surface area contributed by atoms with Crippen molar-refractivity contribution >= 4 is 5.91 Å². The van der Waals surface area contributed by atoms with E-state index >= 15 is 0 Å². The summed E-state index contributed by atoms with van der Waals surface area (Å²) in [5.74, 6) is 0.231. The lowest BCUT2D eigenvalue weighted by Crippen LogP contribution is -2.48. The lowest BCUT2D eigenvalue weighted by atomic mass is 10.2. The van der Waals surface area contributed by atoms with Crippen molar-refractivity contribution in [3.05, 3.63) is 0 Å². The topological polar surface area (TPSA) is 35.6 Å². The molecule has 1 atom stereocenters. The summed E-state index contributed by atoms with van der Waals surface area (Å²) in [6.07, 6.45) is 1.07. The largest absolute Gasteiger partial charge is 0.344 e. The van der Waals surface area contributed by atoms with E-state index in [4.69, 9.17) is 0 Å². The molecule has 1 rings (SSSR count). The van der Waals surface area contributed by atoms with Gasteiger partial charge in [0.15, 0.2) is 0 Å². The maximum Gasteiger partial charge on any atom is 0.240 e. The number of nitrogens with one attached hydrogen (secondary N) is 1. The van der Waals surface area contributed by atoms with Crippen LogP contribution in [0.2, 0.25) is 0 Å². The van der Waals surface area contributed by atoms with Crippen molar-refractivity contribution in [2.75, 3.05) is 40.8 Å². The van der Waals surface area contributed by atoms with Gasteiger partial charge in [-0.25, -0.2) is 0 Å². The zero-order valence-electron chi connectivity index (χ0n) is 8.71. The first-order valence-electron chi connectivity index (χ1n) is 4.76. The van der Waals surface area contributed by atoms with Gasteiger partial charge < -0.3 is 10.2 Å². The fourth-order valence-electron chi connectivity index (χ4n) is 1.70. The van der Waals surface area contributed by atoms with Crippen molar-refractivity contribution in [3.8, 4) is 0 Å². The predicted octanol–water partition coefficient (Wildman–Crippen LogP) is -0.632. The Morgan fingerprint density at radius 1 is 1.46 bits per heavy atom. The SMILES string of the molecule is CNCC1C(=O)N(C)CCCN1C. The first-order chi connectivity index (χ1) is 6.16. The maximum absolute atomic E-state index is 11.8. The Kier molecular flexibility index (Phi) is 3.69. The summed E-state index contributed by atoms with van der Waals surface area (Å²) >= 11 is 0. The molecule has 0 aliphatic carbocycles. The molecule has 1 amide bonds. The van der Waals surface area contributed by atoms with Crippen LogP contribution in [-0.4, -0.2) is 62.5 Å². The van der Waals surface area contributed by atoms with Crippen molar-refractivity contribution < 1.29 is 4.79 Å². The van der Waals surface area contributed by atoms with Gasteiger partial charge in [-0.2, -0.15) is 0 Å². The average molecular weight is 185 g/mol. The number of carbonyl (C=O) groups excluding carboxylic acids is 1. The Labute approximate surface area is 79.9 Å². The van der Waals surface area contributed by atoms with Crippen LogP contribution in [0.15, 0.2) is 0 Å². The Balaban J connectivity index is 2.66. The molecule has 0 radical (unpaired) electrons. The lowest BCUT2D eigenvalue weighted by Gasteiger charge is -2.25. The van der Waals surface area contributed by atoms with Crippen molar-refractivity contribution in [1.82, 2.24) is 15.1 Å². The van der Waals surface area contributed by atoms with Gasteiger partial charge in [0.1, 0.15) is 6.04 Å². The molecule has 1 aliphatic heterocycles. The molecule has 1 aliphatic rings. The zero-order valence-corrected chi connectivity index (χ0v) is 8.71. The normalized spacial score (nSPS) is 26.2. The minimum absolute atomic E-state index is 0.0116. The summed E-state index contributed by atoms with van der Waals surface area (Å²) in [6, 6.07) is 0.0116. The fourth-order valence-corrected chi connectivity index (χ4v) is 1.70. The molecule has 1 saturated heterocycles. The number of rotatable bonds is 2. The zero-order chi connectivity index (χ0) is 9.84. The van der Waals surface area contributed by atoms with E-state index in [0.29, 0.717) is 0 Å². The summed E-state index contributed by atoms with van der Waals surface area (Å²) in [7, 11) is 5.77.